The van der Waals surface area contributed by atoms with Gasteiger partial charge < -0.3 is 20.2 Å². The lowest BCUT2D eigenvalue weighted by Crippen LogP contribution is -2.45. The van der Waals surface area contributed by atoms with Gasteiger partial charge in [0.1, 0.15) is 0 Å². The molecule has 0 aromatic carbocycles. The summed E-state index contributed by atoms with van der Waals surface area (Å²) in [5.74, 6) is 0.662. The molecule has 5 rings (SSSR count). The maximum Gasteiger partial charge on any atom is 0.243 e. The summed E-state index contributed by atoms with van der Waals surface area (Å²) in [6, 6.07) is 4.41. The number of halogens is 1. The number of fused-ring (bicyclic) bond motifs is 1. The molecule has 1 atom stereocenters. The summed E-state index contributed by atoms with van der Waals surface area (Å²) >= 11 is 6.02. The second kappa shape index (κ2) is 9.03. The average Bonchev–Trinajstić information content (AvgIpc) is 3.46. The number of anilines is 2. The highest BCUT2D eigenvalue weighted by Gasteiger charge is 2.51. The molecular formula is C25H33ClN6O. The summed E-state index contributed by atoms with van der Waals surface area (Å²) in [5.41, 5.74) is 3.18. The molecule has 3 aliphatic rings. The smallest absolute Gasteiger partial charge is 0.243 e. The lowest BCUT2D eigenvalue weighted by atomic mass is 9.90. The Labute approximate surface area is 200 Å². The Morgan fingerprint density at radius 3 is 2.73 bits per heavy atom. The van der Waals surface area contributed by atoms with Crippen LogP contribution in [0.25, 0.3) is 5.65 Å². The average molecular weight is 469 g/mol. The molecule has 2 aliphatic heterocycles. The van der Waals surface area contributed by atoms with E-state index in [1.165, 1.54) is 0 Å². The van der Waals surface area contributed by atoms with Crippen LogP contribution in [0.4, 0.5) is 11.6 Å². The third kappa shape index (κ3) is 4.62. The molecule has 2 saturated heterocycles. The van der Waals surface area contributed by atoms with E-state index >= 15 is 0 Å². The topological polar surface area (TPSA) is 68.9 Å². The monoisotopic (exact) mass is 468 g/mol. The normalized spacial score (nSPS) is 23.6. The quantitative estimate of drug-likeness (QED) is 0.620. The zero-order valence-corrected chi connectivity index (χ0v) is 20.0. The number of hydrogen-bond acceptors (Lipinski definition) is 6. The first-order valence-electron chi connectivity index (χ1n) is 12.0. The number of allylic oxidation sites excluding steroid dienone is 4. The molecule has 2 N–H and O–H groups in total. The van der Waals surface area contributed by atoms with Crippen LogP contribution in [0.2, 0.25) is 0 Å². The van der Waals surface area contributed by atoms with Crippen molar-refractivity contribution < 1.29 is 5.11 Å². The van der Waals surface area contributed by atoms with Crippen molar-refractivity contribution in [1.29, 1.82) is 0 Å². The van der Waals surface area contributed by atoms with Crippen molar-refractivity contribution in [2.24, 2.45) is 5.41 Å². The van der Waals surface area contributed by atoms with Crippen LogP contribution < -0.4 is 10.2 Å². The maximum absolute atomic E-state index is 10.6. The lowest BCUT2D eigenvalue weighted by Gasteiger charge is -2.37. The van der Waals surface area contributed by atoms with Crippen molar-refractivity contribution >= 4 is 28.9 Å². The van der Waals surface area contributed by atoms with E-state index in [9.17, 15) is 5.11 Å². The van der Waals surface area contributed by atoms with Gasteiger partial charge in [0.2, 0.25) is 5.95 Å². The Balaban J connectivity index is 1.25. The molecule has 0 radical (unpaired) electrons. The lowest BCUT2D eigenvalue weighted by molar-refractivity contribution is 0.0777. The minimum atomic E-state index is -0.255. The van der Waals surface area contributed by atoms with Crippen LogP contribution in [0.1, 0.15) is 39.0 Å². The van der Waals surface area contributed by atoms with Crippen molar-refractivity contribution in [3.8, 4) is 0 Å². The number of aromatic nitrogens is 3. The van der Waals surface area contributed by atoms with Crippen molar-refractivity contribution in [2.45, 2.75) is 51.2 Å². The SMILES string of the molecule is C=C(Cl)/C=C(\C=C/C)N1CCC(Nc2nc3c(N4CCC5(CC5)C(O)C4)cccn3n2)CC1. The van der Waals surface area contributed by atoms with E-state index in [0.29, 0.717) is 23.6 Å². The van der Waals surface area contributed by atoms with E-state index in [0.717, 1.165) is 68.8 Å². The van der Waals surface area contributed by atoms with Gasteiger partial charge in [0, 0.05) is 49.1 Å². The molecule has 1 aliphatic carbocycles. The summed E-state index contributed by atoms with van der Waals surface area (Å²) in [6.45, 7) is 9.31. The number of rotatable bonds is 6. The van der Waals surface area contributed by atoms with E-state index < -0.39 is 0 Å². The van der Waals surface area contributed by atoms with Crippen LogP contribution in [-0.4, -0.2) is 62.9 Å². The largest absolute Gasteiger partial charge is 0.391 e. The summed E-state index contributed by atoms with van der Waals surface area (Å²) in [4.78, 5) is 9.44. The third-order valence-electron chi connectivity index (χ3n) is 7.39. The van der Waals surface area contributed by atoms with Gasteiger partial charge in [-0.1, -0.05) is 24.3 Å². The Hall–Kier alpha value is -2.51. The van der Waals surface area contributed by atoms with Crippen LogP contribution in [0, 0.1) is 5.41 Å². The molecule has 1 saturated carbocycles. The fourth-order valence-corrected chi connectivity index (χ4v) is 5.33. The van der Waals surface area contributed by atoms with E-state index in [1.807, 2.05) is 35.9 Å². The second-order valence-corrected chi connectivity index (χ2v) is 10.1. The van der Waals surface area contributed by atoms with Gasteiger partial charge in [0.15, 0.2) is 5.65 Å². The molecule has 7 nitrogen and oxygen atoms in total. The van der Waals surface area contributed by atoms with Crippen LogP contribution in [-0.2, 0) is 0 Å². The number of β-amino-alcohol motifs (C(OH)–C–C–N with tert-alkyl or cyclic N) is 1. The highest BCUT2D eigenvalue weighted by Crippen LogP contribution is 2.54. The number of aliphatic hydroxyl groups is 1. The minimum Gasteiger partial charge on any atom is -0.391 e. The van der Waals surface area contributed by atoms with Gasteiger partial charge in [0.05, 0.1) is 11.8 Å². The molecular weight excluding hydrogens is 436 g/mol. The van der Waals surface area contributed by atoms with Crippen LogP contribution in [0.5, 0.6) is 0 Å². The van der Waals surface area contributed by atoms with Gasteiger partial charge in [-0.15, -0.1) is 5.10 Å². The molecule has 0 bridgehead atoms. The summed E-state index contributed by atoms with van der Waals surface area (Å²) in [6.07, 6.45) is 13.1. The number of nitrogens with one attached hydrogen (secondary N) is 1. The number of aliphatic hydroxyl groups excluding tert-OH is 1. The Bertz CT molecular complexity index is 1080. The number of likely N-dealkylation sites (tertiary alicyclic amines) is 1. The fourth-order valence-electron chi connectivity index (χ4n) is 5.22. The van der Waals surface area contributed by atoms with Crippen molar-refractivity contribution in [3.05, 3.63) is 53.9 Å². The molecule has 33 heavy (non-hydrogen) atoms. The standard InChI is InChI=1S/C25H33ClN6O/c1-3-5-20(16-18(2)26)30-13-7-19(8-14-30)27-24-28-23-21(6-4-12-32(23)29-24)31-15-11-25(9-10-25)22(33)17-31/h3-6,12,16,19,22,33H,2,7-11,13-15,17H2,1H3,(H,27,29)/b5-3-,20-16+. The molecule has 3 fully saturated rings. The van der Waals surface area contributed by atoms with Gasteiger partial charge in [-0.25, -0.2) is 4.52 Å². The van der Waals surface area contributed by atoms with Gasteiger partial charge in [0.25, 0.3) is 0 Å². The zero-order chi connectivity index (χ0) is 23.0. The Kier molecular flexibility index (Phi) is 6.10. The van der Waals surface area contributed by atoms with Gasteiger partial charge in [-0.3, -0.25) is 0 Å². The van der Waals surface area contributed by atoms with Crippen molar-refractivity contribution in [1.82, 2.24) is 19.5 Å². The third-order valence-corrected chi connectivity index (χ3v) is 7.50. The molecule has 1 spiro atoms. The van der Waals surface area contributed by atoms with Crippen molar-refractivity contribution in [2.75, 3.05) is 36.4 Å². The predicted molar refractivity (Wildman–Crippen MR) is 134 cm³/mol. The minimum absolute atomic E-state index is 0.190. The predicted octanol–water partition coefficient (Wildman–Crippen LogP) is 4.17. The first-order chi connectivity index (χ1) is 16.0. The van der Waals surface area contributed by atoms with E-state index in [1.54, 1.807) is 0 Å². The van der Waals surface area contributed by atoms with Crippen LogP contribution in [0.3, 0.4) is 0 Å². The molecule has 8 heteroatoms. The molecule has 2 aromatic rings. The van der Waals surface area contributed by atoms with E-state index in [2.05, 4.69) is 38.9 Å². The number of pyridine rings is 1. The number of nitrogens with zero attached hydrogens (tertiary/aromatic N) is 5. The zero-order valence-electron chi connectivity index (χ0n) is 19.3. The van der Waals surface area contributed by atoms with Gasteiger partial charge >= 0.3 is 0 Å². The Morgan fingerprint density at radius 1 is 1.27 bits per heavy atom. The van der Waals surface area contributed by atoms with Gasteiger partial charge in [-0.05, 0) is 68.7 Å². The number of piperidine rings is 2. The highest BCUT2D eigenvalue weighted by atomic mass is 35.5. The molecule has 0 amide bonds. The van der Waals surface area contributed by atoms with E-state index in [4.69, 9.17) is 16.6 Å². The fraction of sp³-hybridized carbons (Fsp3) is 0.520. The molecule has 176 valence electrons. The first kappa shape index (κ1) is 22.3. The van der Waals surface area contributed by atoms with Crippen molar-refractivity contribution in [3.63, 3.8) is 0 Å². The Morgan fingerprint density at radius 2 is 2.06 bits per heavy atom. The van der Waals surface area contributed by atoms with E-state index in [-0.39, 0.29) is 11.5 Å². The highest BCUT2D eigenvalue weighted by molar-refractivity contribution is 6.30. The van der Waals surface area contributed by atoms with Crippen LogP contribution in [0.15, 0.2) is 53.9 Å². The summed E-state index contributed by atoms with van der Waals surface area (Å²) < 4.78 is 1.85. The second-order valence-electron chi connectivity index (χ2n) is 9.59. The molecule has 4 heterocycles. The summed E-state index contributed by atoms with van der Waals surface area (Å²) in [7, 11) is 0. The van der Waals surface area contributed by atoms with Crippen LogP contribution >= 0.6 is 11.6 Å². The molecule has 2 aromatic heterocycles. The number of hydrogen-bond donors (Lipinski definition) is 2. The maximum atomic E-state index is 10.6. The van der Waals surface area contributed by atoms with Gasteiger partial charge in [-0.2, -0.15) is 4.98 Å². The summed E-state index contributed by atoms with van der Waals surface area (Å²) in [5, 5.41) is 19.4. The first-order valence-corrected chi connectivity index (χ1v) is 12.3. The molecule has 1 unspecified atom stereocenters.